The van der Waals surface area contributed by atoms with Gasteiger partial charge in [-0.25, -0.2) is 0 Å². The Bertz CT molecular complexity index is 702. The van der Waals surface area contributed by atoms with Crippen LogP contribution in [0.1, 0.15) is 18.3 Å². The van der Waals surface area contributed by atoms with Crippen LogP contribution in [-0.4, -0.2) is 9.97 Å². The number of aryl methyl sites for hydroxylation is 2. The van der Waals surface area contributed by atoms with Gasteiger partial charge in [0.25, 0.3) is 0 Å². The van der Waals surface area contributed by atoms with Gasteiger partial charge in [0.1, 0.15) is 0 Å². The van der Waals surface area contributed by atoms with Crippen molar-refractivity contribution in [3.8, 4) is 0 Å². The average molecular weight is 222 g/mol. The van der Waals surface area contributed by atoms with Crippen molar-refractivity contribution in [2.45, 2.75) is 20.3 Å². The second-order valence-corrected chi connectivity index (χ2v) is 4.32. The molecule has 17 heavy (non-hydrogen) atoms. The van der Waals surface area contributed by atoms with Crippen LogP contribution < -0.4 is 0 Å². The molecule has 1 aromatic carbocycles. The summed E-state index contributed by atoms with van der Waals surface area (Å²) in [5.41, 5.74) is 4.19. The van der Waals surface area contributed by atoms with Crippen LogP contribution in [0.3, 0.4) is 0 Å². The number of fused-ring (bicyclic) bond motifs is 3. The molecule has 0 radical (unpaired) electrons. The van der Waals surface area contributed by atoms with Gasteiger partial charge in [0.2, 0.25) is 0 Å². The summed E-state index contributed by atoms with van der Waals surface area (Å²) in [5, 5.41) is 2.32. The van der Waals surface area contributed by atoms with Crippen LogP contribution in [0.25, 0.3) is 21.8 Å². The van der Waals surface area contributed by atoms with Gasteiger partial charge in [0.15, 0.2) is 0 Å². The van der Waals surface area contributed by atoms with E-state index >= 15 is 0 Å². The molecule has 0 spiro atoms. The molecule has 2 aromatic heterocycles. The lowest BCUT2D eigenvalue weighted by Gasteiger charge is -2.05. The molecule has 3 aromatic rings. The molecule has 0 bridgehead atoms. The van der Waals surface area contributed by atoms with Gasteiger partial charge in [-0.3, -0.25) is 9.97 Å². The average Bonchev–Trinajstić information content (AvgIpc) is 2.38. The molecule has 0 atom stereocenters. The Hall–Kier alpha value is -1.96. The summed E-state index contributed by atoms with van der Waals surface area (Å²) >= 11 is 0. The first-order valence-corrected chi connectivity index (χ1v) is 5.94. The number of pyridine rings is 2. The number of hydrogen-bond donors (Lipinski definition) is 0. The van der Waals surface area contributed by atoms with Crippen LogP contribution in [0, 0.1) is 6.92 Å². The van der Waals surface area contributed by atoms with Gasteiger partial charge >= 0.3 is 0 Å². The molecule has 0 aliphatic rings. The van der Waals surface area contributed by atoms with E-state index in [9.17, 15) is 0 Å². The Morgan fingerprint density at radius 1 is 0.824 bits per heavy atom. The monoisotopic (exact) mass is 222 g/mol. The molecule has 0 saturated heterocycles. The van der Waals surface area contributed by atoms with E-state index in [1.165, 1.54) is 0 Å². The molecule has 2 heteroatoms. The van der Waals surface area contributed by atoms with Crippen LogP contribution in [0.4, 0.5) is 0 Å². The Balaban J connectivity index is 2.47. The van der Waals surface area contributed by atoms with Crippen LogP contribution in [0.15, 0.2) is 36.4 Å². The summed E-state index contributed by atoms with van der Waals surface area (Å²) < 4.78 is 0. The number of hydrogen-bond acceptors (Lipinski definition) is 2. The summed E-state index contributed by atoms with van der Waals surface area (Å²) in [6.07, 6.45) is 0.956. The normalized spacial score (nSPS) is 11.2. The second-order valence-electron chi connectivity index (χ2n) is 4.32. The second kappa shape index (κ2) is 3.81. The minimum Gasteiger partial charge on any atom is -0.251 e. The zero-order valence-corrected chi connectivity index (χ0v) is 10.1. The first-order valence-electron chi connectivity index (χ1n) is 5.94. The quantitative estimate of drug-likeness (QED) is 0.587. The Labute approximate surface area is 100 Å². The molecular formula is C15H14N2. The van der Waals surface area contributed by atoms with Gasteiger partial charge in [-0.05, 0) is 25.5 Å². The minimum absolute atomic E-state index is 0.956. The van der Waals surface area contributed by atoms with Crippen LogP contribution in [-0.2, 0) is 6.42 Å². The molecule has 0 aliphatic carbocycles. The topological polar surface area (TPSA) is 25.8 Å². The SMILES string of the molecule is CCc1ccc2ccc3ccc(C)nc3c2n1. The summed E-state index contributed by atoms with van der Waals surface area (Å²) in [7, 11) is 0. The molecule has 2 nitrogen and oxygen atoms in total. The van der Waals surface area contributed by atoms with E-state index in [1.54, 1.807) is 0 Å². The molecule has 2 heterocycles. The number of nitrogens with zero attached hydrogens (tertiary/aromatic N) is 2. The fourth-order valence-corrected chi connectivity index (χ4v) is 2.10. The Morgan fingerprint density at radius 3 is 2.12 bits per heavy atom. The third-order valence-electron chi connectivity index (χ3n) is 3.08. The molecule has 84 valence electrons. The molecule has 0 unspecified atom stereocenters. The zero-order chi connectivity index (χ0) is 11.8. The van der Waals surface area contributed by atoms with Crippen molar-refractivity contribution in [1.29, 1.82) is 0 Å². The minimum atomic E-state index is 0.956. The van der Waals surface area contributed by atoms with Crippen LogP contribution in [0.5, 0.6) is 0 Å². The highest BCUT2D eigenvalue weighted by Crippen LogP contribution is 2.22. The maximum Gasteiger partial charge on any atom is 0.0967 e. The fraction of sp³-hybridized carbons (Fsp3) is 0.200. The third kappa shape index (κ3) is 1.66. The lowest BCUT2D eigenvalue weighted by Crippen LogP contribution is -1.91. The van der Waals surface area contributed by atoms with Crippen molar-refractivity contribution < 1.29 is 0 Å². The van der Waals surface area contributed by atoms with Gasteiger partial charge in [-0.2, -0.15) is 0 Å². The highest BCUT2D eigenvalue weighted by atomic mass is 14.8. The van der Waals surface area contributed by atoms with E-state index < -0.39 is 0 Å². The molecule has 0 saturated carbocycles. The largest absolute Gasteiger partial charge is 0.251 e. The number of rotatable bonds is 1. The van der Waals surface area contributed by atoms with E-state index in [0.29, 0.717) is 0 Å². The van der Waals surface area contributed by atoms with Crippen molar-refractivity contribution in [2.75, 3.05) is 0 Å². The molecule has 0 fully saturated rings. The molecule has 0 aliphatic heterocycles. The first-order chi connectivity index (χ1) is 8.28. The van der Waals surface area contributed by atoms with Crippen molar-refractivity contribution in [2.24, 2.45) is 0 Å². The van der Waals surface area contributed by atoms with Crippen LogP contribution >= 0.6 is 0 Å². The molecule has 0 N–H and O–H groups in total. The summed E-state index contributed by atoms with van der Waals surface area (Å²) in [4.78, 5) is 9.32. The van der Waals surface area contributed by atoms with E-state index in [2.05, 4.69) is 42.2 Å². The smallest absolute Gasteiger partial charge is 0.0967 e. The van der Waals surface area contributed by atoms with Crippen molar-refractivity contribution >= 4 is 21.8 Å². The summed E-state index contributed by atoms with van der Waals surface area (Å²) in [5.74, 6) is 0. The van der Waals surface area contributed by atoms with Gasteiger partial charge in [0.05, 0.1) is 11.0 Å². The standard InChI is InChI=1S/C15H14N2/c1-3-13-9-8-12-7-6-11-5-4-10(2)16-14(11)15(12)17-13/h4-9H,3H2,1-2H3. The van der Waals surface area contributed by atoms with Gasteiger partial charge in [0, 0.05) is 22.2 Å². The van der Waals surface area contributed by atoms with E-state index in [1.807, 2.05) is 13.0 Å². The summed E-state index contributed by atoms with van der Waals surface area (Å²) in [6.45, 7) is 4.14. The highest BCUT2D eigenvalue weighted by Gasteiger charge is 2.04. The first kappa shape index (κ1) is 10.2. The number of aromatic nitrogens is 2. The molecular weight excluding hydrogens is 208 g/mol. The van der Waals surface area contributed by atoms with E-state index in [0.717, 1.165) is 39.6 Å². The highest BCUT2D eigenvalue weighted by molar-refractivity contribution is 6.02. The van der Waals surface area contributed by atoms with Gasteiger partial charge < -0.3 is 0 Å². The van der Waals surface area contributed by atoms with E-state index in [4.69, 9.17) is 4.98 Å². The Kier molecular flexibility index (Phi) is 2.29. The predicted octanol–water partition coefficient (Wildman–Crippen LogP) is 3.65. The summed E-state index contributed by atoms with van der Waals surface area (Å²) in [6, 6.07) is 12.6. The van der Waals surface area contributed by atoms with Crippen molar-refractivity contribution in [1.82, 2.24) is 9.97 Å². The maximum absolute atomic E-state index is 4.70. The molecule has 3 rings (SSSR count). The van der Waals surface area contributed by atoms with E-state index in [-0.39, 0.29) is 0 Å². The number of benzene rings is 1. The lowest BCUT2D eigenvalue weighted by atomic mass is 10.1. The predicted molar refractivity (Wildman–Crippen MR) is 71.2 cm³/mol. The fourth-order valence-electron chi connectivity index (χ4n) is 2.10. The zero-order valence-electron chi connectivity index (χ0n) is 10.1. The van der Waals surface area contributed by atoms with Crippen molar-refractivity contribution in [3.63, 3.8) is 0 Å². The van der Waals surface area contributed by atoms with Crippen molar-refractivity contribution in [3.05, 3.63) is 47.8 Å². The van der Waals surface area contributed by atoms with Gasteiger partial charge in [-0.1, -0.05) is 31.2 Å². The molecule has 0 amide bonds. The van der Waals surface area contributed by atoms with Gasteiger partial charge in [-0.15, -0.1) is 0 Å². The lowest BCUT2D eigenvalue weighted by molar-refractivity contribution is 1.06. The Morgan fingerprint density at radius 2 is 1.41 bits per heavy atom. The maximum atomic E-state index is 4.70. The third-order valence-corrected chi connectivity index (χ3v) is 3.08. The van der Waals surface area contributed by atoms with Crippen LogP contribution in [0.2, 0.25) is 0 Å².